The molecule has 1 saturated heterocycles. The van der Waals surface area contributed by atoms with Gasteiger partial charge in [0.1, 0.15) is 12.4 Å². The third kappa shape index (κ3) is 4.77. The molecule has 6 nitrogen and oxygen atoms in total. The summed E-state index contributed by atoms with van der Waals surface area (Å²) in [5, 5.41) is 2.98. The largest absolute Gasteiger partial charge is 0.449 e. The summed E-state index contributed by atoms with van der Waals surface area (Å²) in [7, 11) is 0. The molecule has 1 fully saturated rings. The second-order valence-electron chi connectivity index (χ2n) is 7.75. The van der Waals surface area contributed by atoms with Gasteiger partial charge in [-0.1, -0.05) is 31.2 Å². The Morgan fingerprint density at radius 2 is 2.00 bits per heavy atom. The molecule has 2 aromatic carbocycles. The molecule has 2 heterocycles. The summed E-state index contributed by atoms with van der Waals surface area (Å²) in [5.41, 5.74) is 1.18. The third-order valence-electron chi connectivity index (χ3n) is 5.74. The first-order valence-corrected chi connectivity index (χ1v) is 10.6. The van der Waals surface area contributed by atoms with Gasteiger partial charge in [0.25, 0.3) is 5.91 Å². The Kier molecular flexibility index (Phi) is 6.32. The van der Waals surface area contributed by atoms with Gasteiger partial charge in [-0.2, -0.15) is 0 Å². The summed E-state index contributed by atoms with van der Waals surface area (Å²) < 4.78 is 19.0. The molecule has 0 bridgehead atoms. The number of benzene rings is 2. The first kappa shape index (κ1) is 21.1. The minimum Gasteiger partial charge on any atom is -0.449 e. The van der Waals surface area contributed by atoms with Gasteiger partial charge in [0, 0.05) is 12.6 Å². The van der Waals surface area contributed by atoms with E-state index in [4.69, 9.17) is 4.74 Å². The molecule has 2 aliphatic heterocycles. The number of amides is 2. The molecule has 0 aliphatic carbocycles. The standard InChI is InChI=1S/C24H26FN3O3/c1-2-27-13-5-6-19(27)15-26-23(29)16-28-20-7-3-4-8-21(20)31-22(24(28)30)14-17-9-11-18(25)12-10-17/h3-4,7-12,14,19H,2,5-6,13,15-16H2,1H3,(H,26,29)/b22-14+. The van der Waals surface area contributed by atoms with Gasteiger partial charge in [0.05, 0.1) is 5.69 Å². The van der Waals surface area contributed by atoms with Crippen LogP contribution in [0, 0.1) is 5.82 Å². The van der Waals surface area contributed by atoms with Crippen LogP contribution in [0.2, 0.25) is 0 Å². The van der Waals surface area contributed by atoms with Crippen molar-refractivity contribution in [1.82, 2.24) is 10.2 Å². The summed E-state index contributed by atoms with van der Waals surface area (Å²) in [6.45, 7) is 4.62. The molecule has 0 radical (unpaired) electrons. The van der Waals surface area contributed by atoms with Crippen molar-refractivity contribution in [3.8, 4) is 5.75 Å². The van der Waals surface area contributed by atoms with E-state index in [9.17, 15) is 14.0 Å². The van der Waals surface area contributed by atoms with E-state index in [1.54, 1.807) is 36.4 Å². The number of likely N-dealkylation sites (N-methyl/N-ethyl adjacent to an activating group) is 1. The highest BCUT2D eigenvalue weighted by Gasteiger charge is 2.32. The van der Waals surface area contributed by atoms with E-state index in [0.29, 0.717) is 29.6 Å². The van der Waals surface area contributed by atoms with Gasteiger partial charge in [-0.05, 0) is 61.8 Å². The van der Waals surface area contributed by atoms with Crippen molar-refractivity contribution in [3.05, 3.63) is 65.7 Å². The number of halogens is 1. The van der Waals surface area contributed by atoms with Gasteiger partial charge in [-0.25, -0.2) is 4.39 Å². The fourth-order valence-corrected chi connectivity index (χ4v) is 4.10. The number of rotatable bonds is 6. The maximum atomic E-state index is 13.2. The predicted molar refractivity (Wildman–Crippen MR) is 117 cm³/mol. The van der Waals surface area contributed by atoms with E-state index in [2.05, 4.69) is 17.1 Å². The van der Waals surface area contributed by atoms with Crippen LogP contribution in [-0.2, 0) is 9.59 Å². The fourth-order valence-electron chi connectivity index (χ4n) is 4.10. The van der Waals surface area contributed by atoms with Gasteiger partial charge < -0.3 is 10.1 Å². The number of likely N-dealkylation sites (tertiary alicyclic amines) is 1. The zero-order chi connectivity index (χ0) is 21.8. The first-order valence-electron chi connectivity index (χ1n) is 10.6. The molecule has 4 rings (SSSR count). The highest BCUT2D eigenvalue weighted by atomic mass is 19.1. The topological polar surface area (TPSA) is 61.9 Å². The van der Waals surface area contributed by atoms with Crippen LogP contribution in [-0.4, -0.2) is 48.9 Å². The van der Waals surface area contributed by atoms with Crippen LogP contribution in [0.15, 0.2) is 54.3 Å². The van der Waals surface area contributed by atoms with Crippen molar-refractivity contribution in [2.45, 2.75) is 25.8 Å². The molecule has 0 saturated carbocycles. The number of para-hydroxylation sites is 2. The summed E-state index contributed by atoms with van der Waals surface area (Å²) in [4.78, 5) is 29.6. The lowest BCUT2D eigenvalue weighted by Crippen LogP contribution is -2.47. The molecule has 31 heavy (non-hydrogen) atoms. The molecule has 1 atom stereocenters. The van der Waals surface area contributed by atoms with Crippen LogP contribution in [0.3, 0.4) is 0 Å². The number of nitrogens with zero attached hydrogens (tertiary/aromatic N) is 2. The fraction of sp³-hybridized carbons (Fsp3) is 0.333. The van der Waals surface area contributed by atoms with Crippen molar-refractivity contribution in [2.75, 3.05) is 31.1 Å². The third-order valence-corrected chi connectivity index (χ3v) is 5.74. The van der Waals surface area contributed by atoms with E-state index >= 15 is 0 Å². The van der Waals surface area contributed by atoms with Crippen LogP contribution < -0.4 is 15.0 Å². The number of nitrogens with one attached hydrogen (secondary N) is 1. The van der Waals surface area contributed by atoms with Crippen LogP contribution in [0.5, 0.6) is 5.75 Å². The van der Waals surface area contributed by atoms with Crippen LogP contribution >= 0.6 is 0 Å². The zero-order valence-corrected chi connectivity index (χ0v) is 17.5. The summed E-state index contributed by atoms with van der Waals surface area (Å²) in [5.74, 6) is -0.392. The number of fused-ring (bicyclic) bond motifs is 1. The van der Waals surface area contributed by atoms with Gasteiger partial charge in [0.2, 0.25) is 5.91 Å². The van der Waals surface area contributed by atoms with Gasteiger partial charge >= 0.3 is 0 Å². The van der Waals surface area contributed by atoms with Gasteiger partial charge in [0.15, 0.2) is 11.5 Å². The number of carbonyl (C=O) groups excluding carboxylic acids is 2. The van der Waals surface area contributed by atoms with E-state index in [-0.39, 0.29) is 24.0 Å². The van der Waals surface area contributed by atoms with Gasteiger partial charge in [-0.3, -0.25) is 19.4 Å². The van der Waals surface area contributed by atoms with Crippen molar-refractivity contribution in [3.63, 3.8) is 0 Å². The highest BCUT2D eigenvalue weighted by molar-refractivity contribution is 6.12. The molecule has 0 aromatic heterocycles. The van der Waals surface area contributed by atoms with Crippen molar-refractivity contribution in [1.29, 1.82) is 0 Å². The first-order chi connectivity index (χ1) is 15.0. The summed E-state index contributed by atoms with van der Waals surface area (Å²) in [6, 6.07) is 13.2. The van der Waals surface area contributed by atoms with E-state index in [1.165, 1.54) is 17.0 Å². The van der Waals surface area contributed by atoms with Crippen LogP contribution in [0.25, 0.3) is 6.08 Å². The Balaban J connectivity index is 1.50. The summed E-state index contributed by atoms with van der Waals surface area (Å²) in [6.07, 6.45) is 3.76. The number of hydrogen-bond acceptors (Lipinski definition) is 4. The minimum atomic E-state index is -0.408. The summed E-state index contributed by atoms with van der Waals surface area (Å²) >= 11 is 0. The smallest absolute Gasteiger partial charge is 0.294 e. The molecule has 7 heteroatoms. The number of ether oxygens (including phenoxy) is 1. The highest BCUT2D eigenvalue weighted by Crippen LogP contribution is 2.35. The lowest BCUT2D eigenvalue weighted by molar-refractivity contribution is -0.123. The maximum absolute atomic E-state index is 13.2. The number of carbonyl (C=O) groups is 2. The van der Waals surface area contributed by atoms with Crippen molar-refractivity contribution in [2.24, 2.45) is 0 Å². The SMILES string of the molecule is CCN1CCCC1CNC(=O)CN1C(=O)/C(=C\c2ccc(F)cc2)Oc2ccccc21. The molecule has 1 N–H and O–H groups in total. The normalized spacial score (nSPS) is 19.9. The Hall–Kier alpha value is -3.19. The van der Waals surface area contributed by atoms with Crippen LogP contribution in [0.4, 0.5) is 10.1 Å². The molecule has 2 amide bonds. The Labute approximate surface area is 181 Å². The van der Waals surface area contributed by atoms with E-state index in [0.717, 1.165) is 25.9 Å². The van der Waals surface area contributed by atoms with Crippen LogP contribution in [0.1, 0.15) is 25.3 Å². The Bertz CT molecular complexity index is 990. The quantitative estimate of drug-likeness (QED) is 0.725. The van der Waals surface area contributed by atoms with E-state index in [1.807, 2.05) is 6.07 Å². The molecule has 2 aromatic rings. The molecular weight excluding hydrogens is 397 g/mol. The average molecular weight is 423 g/mol. The Morgan fingerprint density at radius 1 is 1.23 bits per heavy atom. The number of hydrogen-bond donors (Lipinski definition) is 1. The minimum absolute atomic E-state index is 0.0889. The lowest BCUT2D eigenvalue weighted by Gasteiger charge is -2.30. The monoisotopic (exact) mass is 423 g/mol. The molecule has 0 spiro atoms. The van der Waals surface area contributed by atoms with Crippen molar-refractivity contribution < 1.29 is 18.7 Å². The molecular formula is C24H26FN3O3. The average Bonchev–Trinajstić information content (AvgIpc) is 3.24. The van der Waals surface area contributed by atoms with Crippen molar-refractivity contribution >= 4 is 23.6 Å². The maximum Gasteiger partial charge on any atom is 0.294 e. The molecule has 2 aliphatic rings. The van der Waals surface area contributed by atoms with E-state index < -0.39 is 5.91 Å². The second kappa shape index (κ2) is 9.31. The molecule has 162 valence electrons. The lowest BCUT2D eigenvalue weighted by atomic mass is 10.1. The number of anilines is 1. The Morgan fingerprint density at radius 3 is 2.77 bits per heavy atom. The molecule has 1 unspecified atom stereocenters. The predicted octanol–water partition coefficient (Wildman–Crippen LogP) is 3.19. The second-order valence-corrected chi connectivity index (χ2v) is 7.75. The zero-order valence-electron chi connectivity index (χ0n) is 17.5. The van der Waals surface area contributed by atoms with Gasteiger partial charge in [-0.15, -0.1) is 0 Å².